The first-order valence-electron chi connectivity index (χ1n) is 7.03. The van der Waals surface area contributed by atoms with Gasteiger partial charge in [0.15, 0.2) is 0 Å². The molecule has 2 nitrogen and oxygen atoms in total. The van der Waals surface area contributed by atoms with Crippen molar-refractivity contribution in [3.8, 4) is 0 Å². The third kappa shape index (κ3) is 3.14. The van der Waals surface area contributed by atoms with Crippen LogP contribution in [0.3, 0.4) is 0 Å². The molecule has 1 aromatic carbocycles. The van der Waals surface area contributed by atoms with Crippen LogP contribution in [0.15, 0.2) is 34.9 Å². The predicted molar refractivity (Wildman–Crippen MR) is 76.9 cm³/mol. The summed E-state index contributed by atoms with van der Waals surface area (Å²) in [4.78, 5) is 0. The molecule has 0 fully saturated rings. The first-order chi connectivity index (χ1) is 8.85. The number of benzene rings is 1. The van der Waals surface area contributed by atoms with Crippen molar-refractivity contribution in [2.24, 2.45) is 0 Å². The van der Waals surface area contributed by atoms with Crippen molar-refractivity contribution in [1.82, 2.24) is 5.32 Å². The average molecular weight is 245 g/mol. The normalized spacial score (nSPS) is 13.0. The second-order valence-electron chi connectivity index (χ2n) is 4.89. The van der Waals surface area contributed by atoms with Crippen LogP contribution in [0.5, 0.6) is 0 Å². The molecule has 98 valence electrons. The first-order valence-corrected chi connectivity index (χ1v) is 7.03. The van der Waals surface area contributed by atoms with Gasteiger partial charge in [0, 0.05) is 23.2 Å². The van der Waals surface area contributed by atoms with Crippen LogP contribution in [0.1, 0.15) is 38.9 Å². The summed E-state index contributed by atoms with van der Waals surface area (Å²) >= 11 is 0. The van der Waals surface area contributed by atoms with Gasteiger partial charge in [0.25, 0.3) is 0 Å². The molecule has 18 heavy (non-hydrogen) atoms. The maximum atomic E-state index is 5.73. The fourth-order valence-electron chi connectivity index (χ4n) is 2.41. The van der Waals surface area contributed by atoms with Crippen molar-refractivity contribution in [2.45, 2.75) is 45.6 Å². The van der Waals surface area contributed by atoms with Crippen molar-refractivity contribution in [2.75, 3.05) is 6.54 Å². The quantitative estimate of drug-likeness (QED) is 0.793. The van der Waals surface area contributed by atoms with Gasteiger partial charge in [-0.15, -0.1) is 0 Å². The van der Waals surface area contributed by atoms with Gasteiger partial charge in [0.2, 0.25) is 0 Å². The Morgan fingerprint density at radius 1 is 1.17 bits per heavy atom. The summed E-state index contributed by atoms with van der Waals surface area (Å²) in [6.07, 6.45) is 6.45. The Balaban J connectivity index is 2.10. The topological polar surface area (TPSA) is 25.2 Å². The lowest BCUT2D eigenvalue weighted by atomic mass is 10.0. The number of hydrogen-bond donors (Lipinski definition) is 1. The minimum atomic E-state index is 0.532. The second kappa shape index (κ2) is 6.60. The van der Waals surface area contributed by atoms with Gasteiger partial charge in [-0.1, -0.05) is 44.5 Å². The van der Waals surface area contributed by atoms with E-state index in [1.807, 2.05) is 6.26 Å². The maximum Gasteiger partial charge on any atom is 0.113 e. The smallest absolute Gasteiger partial charge is 0.113 e. The minimum Gasteiger partial charge on any atom is -0.468 e. The Kier molecular flexibility index (Phi) is 4.82. The molecule has 0 spiro atoms. The number of furan rings is 1. The van der Waals surface area contributed by atoms with E-state index in [2.05, 4.69) is 43.4 Å². The molecule has 0 aliphatic carbocycles. The van der Waals surface area contributed by atoms with Crippen LogP contribution in [-0.4, -0.2) is 12.6 Å². The molecule has 1 atom stereocenters. The largest absolute Gasteiger partial charge is 0.468 e. The van der Waals surface area contributed by atoms with Gasteiger partial charge in [0.05, 0.1) is 6.26 Å². The average Bonchev–Trinajstić information content (AvgIpc) is 2.80. The Bertz CT molecular complexity index is 475. The minimum absolute atomic E-state index is 0.532. The van der Waals surface area contributed by atoms with Crippen LogP contribution < -0.4 is 5.32 Å². The number of hydrogen-bond acceptors (Lipinski definition) is 2. The van der Waals surface area contributed by atoms with Crippen molar-refractivity contribution >= 4 is 10.8 Å². The molecular formula is C16H23NO. The zero-order valence-corrected chi connectivity index (χ0v) is 11.4. The molecule has 0 aliphatic heterocycles. The highest BCUT2D eigenvalue weighted by Gasteiger charge is 2.12. The number of rotatable bonds is 7. The van der Waals surface area contributed by atoms with E-state index >= 15 is 0 Å². The Morgan fingerprint density at radius 3 is 2.78 bits per heavy atom. The molecule has 1 heterocycles. The van der Waals surface area contributed by atoms with Gasteiger partial charge in [-0.05, 0) is 19.4 Å². The molecular weight excluding hydrogens is 222 g/mol. The third-order valence-electron chi connectivity index (χ3n) is 3.34. The fraction of sp³-hybridized carbons (Fsp3) is 0.500. The first kappa shape index (κ1) is 13.2. The van der Waals surface area contributed by atoms with E-state index in [-0.39, 0.29) is 0 Å². The van der Waals surface area contributed by atoms with Crippen LogP contribution >= 0.6 is 0 Å². The van der Waals surface area contributed by atoms with Crippen LogP contribution in [0.25, 0.3) is 10.8 Å². The van der Waals surface area contributed by atoms with Gasteiger partial charge >= 0.3 is 0 Å². The highest BCUT2D eigenvalue weighted by atomic mass is 16.3. The highest BCUT2D eigenvalue weighted by Crippen LogP contribution is 2.22. The van der Waals surface area contributed by atoms with Gasteiger partial charge in [-0.3, -0.25) is 0 Å². The Morgan fingerprint density at radius 2 is 2.00 bits per heavy atom. The van der Waals surface area contributed by atoms with E-state index in [0.717, 1.165) is 18.7 Å². The zero-order chi connectivity index (χ0) is 12.8. The SMILES string of the molecule is CCCN[C@H](CCC)Cc1occ2ccccc12. The summed E-state index contributed by atoms with van der Waals surface area (Å²) in [5.74, 6) is 1.12. The van der Waals surface area contributed by atoms with Crippen LogP contribution in [0, 0.1) is 0 Å². The zero-order valence-electron chi connectivity index (χ0n) is 11.4. The summed E-state index contributed by atoms with van der Waals surface area (Å²) in [5.41, 5.74) is 0. The lowest BCUT2D eigenvalue weighted by Gasteiger charge is -2.16. The molecule has 0 unspecified atom stereocenters. The number of fused-ring (bicyclic) bond motifs is 1. The molecule has 0 amide bonds. The van der Waals surface area contributed by atoms with Crippen LogP contribution in [-0.2, 0) is 6.42 Å². The van der Waals surface area contributed by atoms with E-state index in [4.69, 9.17) is 4.42 Å². The molecule has 2 heteroatoms. The molecule has 0 bridgehead atoms. The summed E-state index contributed by atoms with van der Waals surface area (Å²) in [6, 6.07) is 8.92. The summed E-state index contributed by atoms with van der Waals surface area (Å²) < 4.78 is 5.73. The second-order valence-corrected chi connectivity index (χ2v) is 4.89. The van der Waals surface area contributed by atoms with Gasteiger partial charge in [-0.25, -0.2) is 0 Å². The van der Waals surface area contributed by atoms with E-state index in [0.29, 0.717) is 6.04 Å². The van der Waals surface area contributed by atoms with Crippen molar-refractivity contribution < 1.29 is 4.42 Å². The van der Waals surface area contributed by atoms with Gasteiger partial charge in [-0.2, -0.15) is 0 Å². The van der Waals surface area contributed by atoms with E-state index in [1.165, 1.54) is 30.0 Å². The molecule has 2 rings (SSSR count). The highest BCUT2D eigenvalue weighted by molar-refractivity contribution is 5.83. The standard InChI is InChI=1S/C16H23NO/c1-3-7-14(17-10-4-2)11-16-15-9-6-5-8-13(15)12-18-16/h5-6,8-9,12,14,17H,3-4,7,10-11H2,1-2H3/t14-/m1/s1. The Labute approximate surface area is 109 Å². The van der Waals surface area contributed by atoms with Gasteiger partial charge < -0.3 is 9.73 Å². The monoisotopic (exact) mass is 245 g/mol. The molecule has 0 radical (unpaired) electrons. The molecule has 0 saturated carbocycles. The number of nitrogens with one attached hydrogen (secondary N) is 1. The molecule has 2 aromatic rings. The lowest BCUT2D eigenvalue weighted by Crippen LogP contribution is -2.31. The molecule has 0 aliphatic rings. The van der Waals surface area contributed by atoms with Crippen molar-refractivity contribution in [3.63, 3.8) is 0 Å². The lowest BCUT2D eigenvalue weighted by molar-refractivity contribution is 0.424. The molecule has 0 saturated heterocycles. The molecule has 1 N–H and O–H groups in total. The Hall–Kier alpha value is -1.28. The summed E-state index contributed by atoms with van der Waals surface area (Å²) in [7, 11) is 0. The maximum absolute atomic E-state index is 5.73. The van der Waals surface area contributed by atoms with Gasteiger partial charge in [0.1, 0.15) is 5.76 Å². The van der Waals surface area contributed by atoms with Crippen LogP contribution in [0.4, 0.5) is 0 Å². The molecule has 1 aromatic heterocycles. The predicted octanol–water partition coefficient (Wildman–Crippen LogP) is 4.14. The van der Waals surface area contributed by atoms with E-state index < -0.39 is 0 Å². The van der Waals surface area contributed by atoms with Crippen molar-refractivity contribution in [1.29, 1.82) is 0 Å². The van der Waals surface area contributed by atoms with E-state index in [9.17, 15) is 0 Å². The fourth-order valence-corrected chi connectivity index (χ4v) is 2.41. The summed E-state index contributed by atoms with van der Waals surface area (Å²) in [5, 5.41) is 6.08. The third-order valence-corrected chi connectivity index (χ3v) is 3.34. The van der Waals surface area contributed by atoms with Crippen LogP contribution in [0.2, 0.25) is 0 Å². The van der Waals surface area contributed by atoms with E-state index in [1.54, 1.807) is 0 Å². The van der Waals surface area contributed by atoms with Crippen molar-refractivity contribution in [3.05, 3.63) is 36.3 Å². The summed E-state index contributed by atoms with van der Waals surface area (Å²) in [6.45, 7) is 5.53.